The molecule has 0 aliphatic heterocycles. The fraction of sp³-hybridized carbons (Fsp3) is 0.176. The summed E-state index contributed by atoms with van der Waals surface area (Å²) in [6.45, 7) is 0. The summed E-state index contributed by atoms with van der Waals surface area (Å²) in [6.07, 6.45) is -4.50. The number of hydrogen-bond donors (Lipinski definition) is 0. The van der Waals surface area contributed by atoms with E-state index in [1.807, 2.05) is 30.3 Å². The number of carbonyl (C=O) groups excluding carboxylic acids is 1. The van der Waals surface area contributed by atoms with Crippen molar-refractivity contribution in [1.82, 2.24) is 9.78 Å². The van der Waals surface area contributed by atoms with Crippen LogP contribution in [0.5, 0.6) is 0 Å². The SMILES string of the molecule is CN(C(=O)c1ccc(-c2cc(C(F)(F)F)nn2C)s1)c1ccccc1. The molecule has 2 heterocycles. The number of hydrogen-bond acceptors (Lipinski definition) is 3. The molecule has 1 aromatic carbocycles. The number of aromatic nitrogens is 2. The Labute approximate surface area is 146 Å². The number of amides is 1. The van der Waals surface area contributed by atoms with Crippen molar-refractivity contribution in [3.05, 3.63) is 59.1 Å². The Hall–Kier alpha value is -2.61. The van der Waals surface area contributed by atoms with Crippen LogP contribution in [0.4, 0.5) is 18.9 Å². The van der Waals surface area contributed by atoms with Crippen LogP contribution in [0.25, 0.3) is 10.6 Å². The largest absolute Gasteiger partial charge is 0.435 e. The molecule has 0 spiro atoms. The minimum absolute atomic E-state index is 0.222. The minimum atomic E-state index is -4.50. The summed E-state index contributed by atoms with van der Waals surface area (Å²) >= 11 is 1.14. The van der Waals surface area contributed by atoms with Gasteiger partial charge in [-0.05, 0) is 30.3 Å². The molecule has 0 fully saturated rings. The average Bonchev–Trinajstić information content (AvgIpc) is 3.20. The second-order valence-corrected chi connectivity index (χ2v) is 6.48. The lowest BCUT2D eigenvalue weighted by atomic mass is 10.2. The quantitative estimate of drug-likeness (QED) is 0.688. The highest BCUT2D eigenvalue weighted by atomic mass is 32.1. The van der Waals surface area contributed by atoms with E-state index in [2.05, 4.69) is 5.10 Å². The predicted octanol–water partition coefficient (Wildman–Crippen LogP) is 4.44. The summed E-state index contributed by atoms with van der Waals surface area (Å²) in [6, 6.07) is 13.4. The molecule has 0 atom stereocenters. The zero-order valence-corrected chi connectivity index (χ0v) is 14.2. The molecule has 0 aliphatic rings. The summed E-state index contributed by atoms with van der Waals surface area (Å²) in [4.78, 5) is 15.1. The van der Waals surface area contributed by atoms with Gasteiger partial charge in [0.2, 0.25) is 0 Å². The first kappa shape index (κ1) is 17.2. The lowest BCUT2D eigenvalue weighted by Gasteiger charge is -2.15. The van der Waals surface area contributed by atoms with Gasteiger partial charge in [0.25, 0.3) is 5.91 Å². The van der Waals surface area contributed by atoms with Crippen LogP contribution in [0.2, 0.25) is 0 Å². The van der Waals surface area contributed by atoms with Crippen molar-refractivity contribution >= 4 is 22.9 Å². The maximum absolute atomic E-state index is 12.8. The zero-order chi connectivity index (χ0) is 18.2. The first-order chi connectivity index (χ1) is 11.8. The number of alkyl halides is 3. The second kappa shape index (κ2) is 6.36. The average molecular weight is 365 g/mol. The molecular formula is C17H14F3N3OS. The summed E-state index contributed by atoms with van der Waals surface area (Å²) in [5.41, 5.74) is 0.105. The molecule has 0 saturated heterocycles. The van der Waals surface area contributed by atoms with Gasteiger partial charge in [-0.2, -0.15) is 18.3 Å². The first-order valence-corrected chi connectivity index (χ1v) is 8.13. The van der Waals surface area contributed by atoms with E-state index in [0.717, 1.165) is 23.1 Å². The van der Waals surface area contributed by atoms with Crippen molar-refractivity contribution in [2.45, 2.75) is 6.18 Å². The van der Waals surface area contributed by atoms with Crippen LogP contribution < -0.4 is 4.90 Å². The molecule has 0 bridgehead atoms. The van der Waals surface area contributed by atoms with Gasteiger partial charge in [-0.1, -0.05) is 18.2 Å². The van der Waals surface area contributed by atoms with Gasteiger partial charge in [0.15, 0.2) is 5.69 Å². The van der Waals surface area contributed by atoms with Gasteiger partial charge in [0, 0.05) is 19.8 Å². The van der Waals surface area contributed by atoms with E-state index in [1.54, 1.807) is 19.2 Å². The molecule has 2 aromatic heterocycles. The number of carbonyl (C=O) groups is 1. The summed E-state index contributed by atoms with van der Waals surface area (Å²) in [5, 5.41) is 3.50. The second-order valence-electron chi connectivity index (χ2n) is 5.40. The van der Waals surface area contributed by atoms with Gasteiger partial charge < -0.3 is 4.90 Å². The normalized spacial score (nSPS) is 11.6. The zero-order valence-electron chi connectivity index (χ0n) is 13.4. The van der Waals surface area contributed by atoms with E-state index >= 15 is 0 Å². The van der Waals surface area contributed by atoms with Crippen molar-refractivity contribution in [1.29, 1.82) is 0 Å². The third-order valence-corrected chi connectivity index (χ3v) is 4.78. The van der Waals surface area contributed by atoms with E-state index in [9.17, 15) is 18.0 Å². The number of nitrogens with zero attached hydrogens (tertiary/aromatic N) is 3. The van der Waals surface area contributed by atoms with E-state index in [1.165, 1.54) is 16.6 Å². The van der Waals surface area contributed by atoms with Gasteiger partial charge in [-0.25, -0.2) is 0 Å². The van der Waals surface area contributed by atoms with E-state index < -0.39 is 11.9 Å². The number of anilines is 1. The lowest BCUT2D eigenvalue weighted by Crippen LogP contribution is -2.25. The highest BCUT2D eigenvalue weighted by Crippen LogP contribution is 2.34. The van der Waals surface area contributed by atoms with Gasteiger partial charge in [0.05, 0.1) is 15.4 Å². The Morgan fingerprint density at radius 1 is 1.16 bits per heavy atom. The molecule has 0 aliphatic carbocycles. The Morgan fingerprint density at radius 3 is 2.44 bits per heavy atom. The van der Waals surface area contributed by atoms with E-state index in [4.69, 9.17) is 0 Å². The number of halogens is 3. The van der Waals surface area contributed by atoms with Crippen molar-refractivity contribution in [3.63, 3.8) is 0 Å². The standard InChI is InChI=1S/C17H14F3N3OS/c1-22(11-6-4-3-5-7-11)16(24)14-9-8-13(25-14)12-10-15(17(18,19)20)21-23(12)2/h3-10H,1-2H3. The van der Waals surface area contributed by atoms with Crippen LogP contribution in [0, 0.1) is 0 Å². The van der Waals surface area contributed by atoms with Crippen LogP contribution in [-0.4, -0.2) is 22.7 Å². The highest BCUT2D eigenvalue weighted by Gasteiger charge is 2.35. The fourth-order valence-corrected chi connectivity index (χ4v) is 3.39. The van der Waals surface area contributed by atoms with Crippen molar-refractivity contribution in [2.75, 3.05) is 11.9 Å². The van der Waals surface area contributed by atoms with Gasteiger partial charge in [-0.15, -0.1) is 11.3 Å². The predicted molar refractivity (Wildman–Crippen MR) is 90.7 cm³/mol. The van der Waals surface area contributed by atoms with Crippen molar-refractivity contribution < 1.29 is 18.0 Å². The maximum Gasteiger partial charge on any atom is 0.435 e. The van der Waals surface area contributed by atoms with Gasteiger partial charge >= 0.3 is 6.18 Å². The Morgan fingerprint density at radius 2 is 1.84 bits per heavy atom. The topological polar surface area (TPSA) is 38.1 Å². The Bertz CT molecular complexity index is 900. The molecule has 4 nitrogen and oxygen atoms in total. The van der Waals surface area contributed by atoms with Crippen LogP contribution in [-0.2, 0) is 13.2 Å². The molecule has 1 amide bonds. The lowest BCUT2D eigenvalue weighted by molar-refractivity contribution is -0.141. The summed E-state index contributed by atoms with van der Waals surface area (Å²) < 4.78 is 39.5. The molecule has 25 heavy (non-hydrogen) atoms. The molecule has 8 heteroatoms. The van der Waals surface area contributed by atoms with Gasteiger partial charge in [-0.3, -0.25) is 9.48 Å². The van der Waals surface area contributed by atoms with Crippen LogP contribution in [0.3, 0.4) is 0 Å². The molecule has 0 N–H and O–H groups in total. The number of para-hydroxylation sites is 1. The van der Waals surface area contributed by atoms with Crippen LogP contribution in [0.15, 0.2) is 48.5 Å². The molecule has 3 aromatic rings. The highest BCUT2D eigenvalue weighted by molar-refractivity contribution is 7.17. The van der Waals surface area contributed by atoms with Crippen LogP contribution >= 0.6 is 11.3 Å². The van der Waals surface area contributed by atoms with Crippen LogP contribution in [0.1, 0.15) is 15.4 Å². The molecular weight excluding hydrogens is 351 g/mol. The molecule has 130 valence electrons. The molecule has 0 saturated carbocycles. The number of rotatable bonds is 3. The maximum atomic E-state index is 12.8. The number of benzene rings is 1. The van der Waals surface area contributed by atoms with Gasteiger partial charge in [0.1, 0.15) is 0 Å². The minimum Gasteiger partial charge on any atom is -0.311 e. The summed E-state index contributed by atoms with van der Waals surface area (Å²) in [7, 11) is 3.10. The molecule has 0 radical (unpaired) electrons. The third-order valence-electron chi connectivity index (χ3n) is 3.69. The Balaban J connectivity index is 1.88. The Kier molecular flexibility index (Phi) is 4.38. The van der Waals surface area contributed by atoms with E-state index in [-0.39, 0.29) is 5.91 Å². The molecule has 3 rings (SSSR count). The van der Waals surface area contributed by atoms with Crippen molar-refractivity contribution in [2.24, 2.45) is 7.05 Å². The third kappa shape index (κ3) is 3.43. The summed E-state index contributed by atoms with van der Waals surface area (Å²) in [5.74, 6) is -0.222. The monoisotopic (exact) mass is 365 g/mol. The fourth-order valence-electron chi connectivity index (χ4n) is 2.36. The smallest absolute Gasteiger partial charge is 0.311 e. The first-order valence-electron chi connectivity index (χ1n) is 7.32. The molecule has 0 unspecified atom stereocenters. The number of thiophene rings is 1. The number of aryl methyl sites for hydroxylation is 1. The van der Waals surface area contributed by atoms with Crippen molar-refractivity contribution in [3.8, 4) is 10.6 Å². The van der Waals surface area contributed by atoms with E-state index in [0.29, 0.717) is 15.4 Å².